The number of aromatic nitrogens is 1. The average Bonchev–Trinajstić information content (AvgIpc) is 2.37. The first-order valence-electron chi connectivity index (χ1n) is 6.17. The van der Waals surface area contributed by atoms with Gasteiger partial charge in [-0.3, -0.25) is 9.78 Å². The lowest BCUT2D eigenvalue weighted by atomic mass is 10.1. The average molecular weight is 270 g/mol. The first-order chi connectivity index (χ1) is 8.25. The summed E-state index contributed by atoms with van der Waals surface area (Å²) in [5, 5.41) is 3.33. The fourth-order valence-electron chi connectivity index (χ4n) is 2.10. The molecule has 0 radical (unpaired) electrons. The molecule has 18 heavy (non-hydrogen) atoms. The Labute approximate surface area is 114 Å². The Bertz CT molecular complexity index is 372. The third kappa shape index (κ3) is 4.27. The monoisotopic (exact) mass is 269 g/mol. The summed E-state index contributed by atoms with van der Waals surface area (Å²) in [5.74, 6) is 0.240. The second-order valence-corrected chi connectivity index (χ2v) is 4.52. The van der Waals surface area contributed by atoms with Crippen LogP contribution in [-0.4, -0.2) is 41.5 Å². The number of piperazine rings is 1. The second-order valence-electron chi connectivity index (χ2n) is 4.52. The minimum atomic E-state index is 0. The minimum absolute atomic E-state index is 0. The van der Waals surface area contributed by atoms with Crippen LogP contribution in [0.5, 0.6) is 0 Å². The van der Waals surface area contributed by atoms with Gasteiger partial charge in [-0.1, -0.05) is 6.07 Å². The summed E-state index contributed by atoms with van der Waals surface area (Å²) in [7, 11) is 0. The lowest BCUT2D eigenvalue weighted by Gasteiger charge is -2.32. The molecule has 5 heteroatoms. The largest absolute Gasteiger partial charge is 0.340 e. The number of rotatable bonds is 3. The number of hydrogen-bond donors (Lipinski definition) is 1. The van der Waals surface area contributed by atoms with Gasteiger partial charge < -0.3 is 10.2 Å². The molecule has 1 aliphatic rings. The van der Waals surface area contributed by atoms with Crippen LogP contribution in [0.4, 0.5) is 0 Å². The number of halogens is 1. The zero-order valence-corrected chi connectivity index (χ0v) is 11.4. The molecular formula is C13H20ClN3O. The quantitative estimate of drug-likeness (QED) is 0.899. The predicted octanol–water partition coefficient (Wildman–Crippen LogP) is 1.26. The maximum atomic E-state index is 12.0. The van der Waals surface area contributed by atoms with Gasteiger partial charge in [0, 0.05) is 44.0 Å². The maximum absolute atomic E-state index is 12.0. The third-order valence-corrected chi connectivity index (χ3v) is 3.04. The highest BCUT2D eigenvalue weighted by molar-refractivity contribution is 5.85. The normalized spacial score (nSPS) is 19.2. The summed E-state index contributed by atoms with van der Waals surface area (Å²) in [6, 6.07) is 6.22. The van der Waals surface area contributed by atoms with E-state index in [0.29, 0.717) is 12.5 Å². The smallest absolute Gasteiger partial charge is 0.223 e. The molecule has 1 fully saturated rings. The van der Waals surface area contributed by atoms with Gasteiger partial charge in [0.05, 0.1) is 0 Å². The summed E-state index contributed by atoms with van der Waals surface area (Å²) >= 11 is 0. The predicted molar refractivity (Wildman–Crippen MR) is 73.9 cm³/mol. The van der Waals surface area contributed by atoms with Crippen LogP contribution in [0, 0.1) is 0 Å². The topological polar surface area (TPSA) is 45.2 Å². The molecule has 0 spiro atoms. The third-order valence-electron chi connectivity index (χ3n) is 3.04. The molecule has 2 heterocycles. The van der Waals surface area contributed by atoms with Gasteiger partial charge in [-0.05, 0) is 25.5 Å². The van der Waals surface area contributed by atoms with E-state index in [4.69, 9.17) is 0 Å². The molecule has 1 N–H and O–H groups in total. The minimum Gasteiger partial charge on any atom is -0.340 e. The van der Waals surface area contributed by atoms with Crippen LogP contribution in [0.15, 0.2) is 24.4 Å². The molecule has 1 aromatic rings. The van der Waals surface area contributed by atoms with Crippen molar-refractivity contribution in [2.24, 2.45) is 0 Å². The summed E-state index contributed by atoms with van der Waals surface area (Å²) in [5.41, 5.74) is 0.990. The SMILES string of the molecule is C[C@H]1CN(C(=O)CCc2ccccn2)CCN1.Cl. The molecule has 0 aliphatic carbocycles. The zero-order chi connectivity index (χ0) is 12.1. The molecule has 100 valence electrons. The summed E-state index contributed by atoms with van der Waals surface area (Å²) < 4.78 is 0. The van der Waals surface area contributed by atoms with E-state index in [2.05, 4.69) is 17.2 Å². The summed E-state index contributed by atoms with van der Waals surface area (Å²) in [6.07, 6.45) is 3.06. The van der Waals surface area contributed by atoms with Crippen molar-refractivity contribution >= 4 is 18.3 Å². The van der Waals surface area contributed by atoms with Crippen LogP contribution < -0.4 is 5.32 Å². The highest BCUT2D eigenvalue weighted by Gasteiger charge is 2.19. The molecule has 0 bridgehead atoms. The van der Waals surface area contributed by atoms with E-state index in [9.17, 15) is 4.79 Å². The van der Waals surface area contributed by atoms with Gasteiger partial charge in [0.1, 0.15) is 0 Å². The van der Waals surface area contributed by atoms with E-state index in [-0.39, 0.29) is 18.3 Å². The van der Waals surface area contributed by atoms with Crippen LogP contribution >= 0.6 is 12.4 Å². The Kier molecular flexibility index (Phi) is 6.09. The lowest BCUT2D eigenvalue weighted by Crippen LogP contribution is -2.51. The van der Waals surface area contributed by atoms with Crippen LogP contribution in [0.25, 0.3) is 0 Å². The van der Waals surface area contributed by atoms with E-state index in [1.807, 2.05) is 23.1 Å². The van der Waals surface area contributed by atoms with Gasteiger partial charge in [-0.15, -0.1) is 12.4 Å². The number of hydrogen-bond acceptors (Lipinski definition) is 3. The van der Waals surface area contributed by atoms with E-state index in [1.54, 1.807) is 6.20 Å². The van der Waals surface area contributed by atoms with Crippen molar-refractivity contribution in [1.82, 2.24) is 15.2 Å². The number of nitrogens with one attached hydrogen (secondary N) is 1. The van der Waals surface area contributed by atoms with E-state index >= 15 is 0 Å². The van der Waals surface area contributed by atoms with Gasteiger partial charge >= 0.3 is 0 Å². The molecule has 0 saturated carbocycles. The number of pyridine rings is 1. The van der Waals surface area contributed by atoms with Gasteiger partial charge in [0.25, 0.3) is 0 Å². The zero-order valence-electron chi connectivity index (χ0n) is 10.6. The Balaban J connectivity index is 0.00000162. The summed E-state index contributed by atoms with van der Waals surface area (Å²) in [4.78, 5) is 18.2. The highest BCUT2D eigenvalue weighted by Crippen LogP contribution is 2.05. The molecule has 4 nitrogen and oxygen atoms in total. The van der Waals surface area contributed by atoms with Crippen LogP contribution in [0.1, 0.15) is 19.0 Å². The summed E-state index contributed by atoms with van der Waals surface area (Å²) in [6.45, 7) is 4.65. The van der Waals surface area contributed by atoms with Crippen LogP contribution in [0.3, 0.4) is 0 Å². The van der Waals surface area contributed by atoms with Crippen molar-refractivity contribution in [2.45, 2.75) is 25.8 Å². The first-order valence-corrected chi connectivity index (χ1v) is 6.17. The molecule has 0 unspecified atom stereocenters. The number of carbonyl (C=O) groups is 1. The Morgan fingerprint density at radius 3 is 3.06 bits per heavy atom. The van der Waals surface area contributed by atoms with Gasteiger partial charge in [-0.2, -0.15) is 0 Å². The van der Waals surface area contributed by atoms with Crippen LogP contribution in [0.2, 0.25) is 0 Å². The van der Waals surface area contributed by atoms with Crippen molar-refractivity contribution in [2.75, 3.05) is 19.6 Å². The second kappa shape index (κ2) is 7.34. The first kappa shape index (κ1) is 14.9. The maximum Gasteiger partial charge on any atom is 0.223 e. The number of nitrogens with zero attached hydrogens (tertiary/aromatic N) is 2. The van der Waals surface area contributed by atoms with Crippen molar-refractivity contribution in [3.05, 3.63) is 30.1 Å². The molecule has 1 aromatic heterocycles. The van der Waals surface area contributed by atoms with Crippen molar-refractivity contribution < 1.29 is 4.79 Å². The number of aryl methyl sites for hydroxylation is 1. The number of amides is 1. The Morgan fingerprint density at radius 2 is 2.39 bits per heavy atom. The molecule has 2 rings (SSSR count). The van der Waals surface area contributed by atoms with E-state index < -0.39 is 0 Å². The Hall–Kier alpha value is -1.13. The van der Waals surface area contributed by atoms with Gasteiger partial charge in [0.2, 0.25) is 5.91 Å². The molecular weight excluding hydrogens is 250 g/mol. The molecule has 1 atom stereocenters. The molecule has 1 amide bonds. The van der Waals surface area contributed by atoms with Crippen molar-refractivity contribution in [3.63, 3.8) is 0 Å². The number of carbonyl (C=O) groups excluding carboxylic acids is 1. The standard InChI is InChI=1S/C13H19N3O.ClH/c1-11-10-16(9-8-14-11)13(17)6-5-12-4-2-3-7-15-12;/h2-4,7,11,14H,5-6,8-10H2,1H3;1H/t11-;/m0./s1. The van der Waals surface area contributed by atoms with E-state index in [0.717, 1.165) is 31.7 Å². The fourth-order valence-corrected chi connectivity index (χ4v) is 2.10. The Morgan fingerprint density at radius 1 is 1.56 bits per heavy atom. The van der Waals surface area contributed by atoms with Gasteiger partial charge in [-0.25, -0.2) is 0 Å². The highest BCUT2D eigenvalue weighted by atomic mass is 35.5. The fraction of sp³-hybridized carbons (Fsp3) is 0.538. The van der Waals surface area contributed by atoms with Gasteiger partial charge in [0.15, 0.2) is 0 Å². The van der Waals surface area contributed by atoms with E-state index in [1.165, 1.54) is 0 Å². The molecule has 0 aromatic carbocycles. The molecule has 1 saturated heterocycles. The lowest BCUT2D eigenvalue weighted by molar-refractivity contribution is -0.132. The van der Waals surface area contributed by atoms with Crippen LogP contribution in [-0.2, 0) is 11.2 Å². The van der Waals surface area contributed by atoms with Crippen molar-refractivity contribution in [1.29, 1.82) is 0 Å². The van der Waals surface area contributed by atoms with Crippen molar-refractivity contribution in [3.8, 4) is 0 Å². The molecule has 1 aliphatic heterocycles.